The van der Waals surface area contributed by atoms with E-state index in [1.807, 2.05) is 4.90 Å². The zero-order valence-electron chi connectivity index (χ0n) is 13.2. The Labute approximate surface area is 137 Å². The summed E-state index contributed by atoms with van der Waals surface area (Å²) in [5.41, 5.74) is 0.392. The van der Waals surface area contributed by atoms with Gasteiger partial charge in [-0.3, -0.25) is 18.7 Å². The Kier molecular flexibility index (Phi) is 4.21. The second-order valence-corrected chi connectivity index (χ2v) is 6.68. The lowest BCUT2D eigenvalue weighted by Crippen LogP contribution is -2.44. The molecule has 0 spiro atoms. The van der Waals surface area contributed by atoms with Gasteiger partial charge in [-0.1, -0.05) is 6.92 Å². The summed E-state index contributed by atoms with van der Waals surface area (Å²) in [4.78, 5) is 39.4. The number of carbonyl (C=O) groups is 1. The van der Waals surface area contributed by atoms with Crippen LogP contribution in [0.5, 0.6) is 0 Å². The maximum Gasteiger partial charge on any atom is 0.331 e. The molecular formula is C16H19N3O3S. The van der Waals surface area contributed by atoms with E-state index in [2.05, 4.69) is 18.4 Å². The van der Waals surface area contributed by atoms with Gasteiger partial charge in [0.25, 0.3) is 5.56 Å². The van der Waals surface area contributed by atoms with E-state index in [0.29, 0.717) is 6.54 Å². The van der Waals surface area contributed by atoms with Gasteiger partial charge in [0.1, 0.15) is 6.54 Å². The number of carbonyl (C=O) groups excluding carboxylic acids is 1. The van der Waals surface area contributed by atoms with E-state index in [1.165, 1.54) is 34.3 Å². The molecule has 0 bridgehead atoms. The molecule has 0 fully saturated rings. The summed E-state index contributed by atoms with van der Waals surface area (Å²) in [6, 6.07) is 3.46. The van der Waals surface area contributed by atoms with Crippen LogP contribution in [0.15, 0.2) is 33.3 Å². The highest BCUT2D eigenvalue weighted by atomic mass is 32.1. The average Bonchev–Trinajstić information content (AvgIpc) is 3.03. The molecule has 1 aliphatic rings. The number of aromatic nitrogens is 2. The molecule has 3 rings (SSSR count). The van der Waals surface area contributed by atoms with Crippen molar-refractivity contribution in [2.45, 2.75) is 32.4 Å². The normalized spacial score (nSPS) is 17.1. The lowest BCUT2D eigenvalue weighted by molar-refractivity contribution is -0.135. The van der Waals surface area contributed by atoms with Crippen molar-refractivity contribution in [3.05, 3.63) is 55.0 Å². The van der Waals surface area contributed by atoms with Crippen LogP contribution in [0.2, 0.25) is 0 Å². The van der Waals surface area contributed by atoms with Crippen molar-refractivity contribution in [2.24, 2.45) is 7.05 Å². The van der Waals surface area contributed by atoms with Crippen molar-refractivity contribution < 1.29 is 4.79 Å². The molecule has 0 N–H and O–H groups in total. The van der Waals surface area contributed by atoms with Gasteiger partial charge in [0, 0.05) is 30.7 Å². The van der Waals surface area contributed by atoms with Gasteiger partial charge in [-0.15, -0.1) is 11.3 Å². The molecule has 1 amide bonds. The second-order valence-electron chi connectivity index (χ2n) is 5.68. The third-order valence-electron chi connectivity index (χ3n) is 4.37. The van der Waals surface area contributed by atoms with Gasteiger partial charge >= 0.3 is 5.69 Å². The third-order valence-corrected chi connectivity index (χ3v) is 5.36. The van der Waals surface area contributed by atoms with Gasteiger partial charge in [0.2, 0.25) is 5.91 Å². The Morgan fingerprint density at radius 2 is 2.13 bits per heavy atom. The van der Waals surface area contributed by atoms with E-state index in [0.717, 1.165) is 17.4 Å². The highest BCUT2D eigenvalue weighted by Gasteiger charge is 2.30. The first-order valence-electron chi connectivity index (χ1n) is 7.65. The first-order chi connectivity index (χ1) is 11.0. The van der Waals surface area contributed by atoms with Crippen LogP contribution in [0.1, 0.15) is 29.8 Å². The molecule has 23 heavy (non-hydrogen) atoms. The van der Waals surface area contributed by atoms with Gasteiger partial charge in [0.05, 0.1) is 6.04 Å². The second kappa shape index (κ2) is 6.16. The summed E-state index contributed by atoms with van der Waals surface area (Å²) in [5, 5.41) is 2.07. The van der Waals surface area contributed by atoms with Crippen molar-refractivity contribution in [3.63, 3.8) is 0 Å². The fraction of sp³-hybridized carbons (Fsp3) is 0.438. The minimum Gasteiger partial charge on any atom is -0.334 e. The Bertz CT molecular complexity index is 849. The molecule has 2 aromatic rings. The summed E-state index contributed by atoms with van der Waals surface area (Å²) >= 11 is 1.74. The number of hydrogen-bond acceptors (Lipinski definition) is 4. The van der Waals surface area contributed by atoms with Crippen LogP contribution in [0.25, 0.3) is 0 Å². The molecule has 122 valence electrons. The number of rotatable bonds is 3. The standard InChI is InChI=1S/C16H19N3O3S/c1-3-12-11-6-9-23-13(11)4-8-19(12)15(21)10-18-7-5-14(20)17(2)16(18)22/h5-7,9,12H,3-4,8,10H2,1-2H3/t12-/m1/s1. The van der Waals surface area contributed by atoms with Crippen LogP contribution in [0.3, 0.4) is 0 Å². The molecule has 0 saturated carbocycles. The molecule has 0 radical (unpaired) electrons. The Balaban J connectivity index is 1.86. The van der Waals surface area contributed by atoms with Crippen LogP contribution in [-0.2, 0) is 24.8 Å². The summed E-state index contributed by atoms with van der Waals surface area (Å²) in [6.07, 6.45) is 3.10. The topological polar surface area (TPSA) is 64.3 Å². The van der Waals surface area contributed by atoms with Crippen LogP contribution in [0.4, 0.5) is 0 Å². The van der Waals surface area contributed by atoms with Gasteiger partial charge in [-0.25, -0.2) is 4.79 Å². The van der Waals surface area contributed by atoms with E-state index in [9.17, 15) is 14.4 Å². The van der Waals surface area contributed by atoms with Crippen LogP contribution in [-0.4, -0.2) is 26.5 Å². The molecule has 0 aliphatic carbocycles. The zero-order valence-corrected chi connectivity index (χ0v) is 14.0. The molecule has 2 aromatic heterocycles. The monoisotopic (exact) mass is 333 g/mol. The van der Waals surface area contributed by atoms with Crippen LogP contribution in [0, 0.1) is 0 Å². The molecule has 6 nitrogen and oxygen atoms in total. The smallest absolute Gasteiger partial charge is 0.331 e. The number of nitrogens with zero attached hydrogens (tertiary/aromatic N) is 3. The highest BCUT2D eigenvalue weighted by Crippen LogP contribution is 2.35. The summed E-state index contributed by atoms with van der Waals surface area (Å²) in [7, 11) is 1.42. The molecule has 0 saturated heterocycles. The largest absolute Gasteiger partial charge is 0.334 e. The lowest BCUT2D eigenvalue weighted by Gasteiger charge is -2.35. The van der Waals surface area contributed by atoms with Gasteiger partial charge in [0.15, 0.2) is 0 Å². The van der Waals surface area contributed by atoms with Crippen LogP contribution < -0.4 is 11.2 Å². The Hall–Kier alpha value is -2.15. The Morgan fingerprint density at radius 3 is 2.87 bits per heavy atom. The van der Waals surface area contributed by atoms with E-state index in [4.69, 9.17) is 0 Å². The fourth-order valence-electron chi connectivity index (χ4n) is 3.11. The minimum absolute atomic E-state index is 0.0388. The van der Waals surface area contributed by atoms with E-state index < -0.39 is 5.69 Å². The zero-order chi connectivity index (χ0) is 16.6. The molecule has 7 heteroatoms. The molecule has 1 atom stereocenters. The first kappa shape index (κ1) is 15.7. The Morgan fingerprint density at radius 1 is 1.35 bits per heavy atom. The minimum atomic E-state index is -0.466. The number of fused-ring (bicyclic) bond motifs is 1. The molecule has 0 aromatic carbocycles. The van der Waals surface area contributed by atoms with Crippen molar-refractivity contribution in [3.8, 4) is 0 Å². The molecule has 1 aliphatic heterocycles. The quantitative estimate of drug-likeness (QED) is 0.846. The van der Waals surface area contributed by atoms with Crippen LogP contribution >= 0.6 is 11.3 Å². The highest BCUT2D eigenvalue weighted by molar-refractivity contribution is 7.10. The molecule has 0 unspecified atom stereocenters. The maximum atomic E-state index is 12.7. The predicted octanol–water partition coefficient (Wildman–Crippen LogP) is 1.14. The number of amides is 1. The van der Waals surface area contributed by atoms with E-state index in [-0.39, 0.29) is 24.1 Å². The van der Waals surface area contributed by atoms with E-state index in [1.54, 1.807) is 11.3 Å². The predicted molar refractivity (Wildman–Crippen MR) is 88.7 cm³/mol. The fourth-order valence-corrected chi connectivity index (χ4v) is 4.04. The first-order valence-corrected chi connectivity index (χ1v) is 8.53. The van der Waals surface area contributed by atoms with Gasteiger partial charge < -0.3 is 4.90 Å². The van der Waals surface area contributed by atoms with Gasteiger partial charge in [-0.05, 0) is 29.9 Å². The summed E-state index contributed by atoms with van der Waals surface area (Å²) in [5.74, 6) is -0.0885. The van der Waals surface area contributed by atoms with Crippen molar-refractivity contribution >= 4 is 17.2 Å². The summed E-state index contributed by atoms with van der Waals surface area (Å²) < 4.78 is 2.30. The summed E-state index contributed by atoms with van der Waals surface area (Å²) in [6.45, 7) is 2.70. The number of thiophene rings is 1. The van der Waals surface area contributed by atoms with Crippen molar-refractivity contribution in [2.75, 3.05) is 6.54 Å². The SMILES string of the molecule is CC[C@@H]1c2ccsc2CCN1C(=O)Cn1ccc(=O)n(C)c1=O. The molecular weight excluding hydrogens is 314 g/mol. The number of hydrogen-bond donors (Lipinski definition) is 0. The molecule has 3 heterocycles. The third kappa shape index (κ3) is 2.76. The average molecular weight is 333 g/mol. The lowest BCUT2D eigenvalue weighted by atomic mass is 9.98. The van der Waals surface area contributed by atoms with Crippen molar-refractivity contribution in [1.82, 2.24) is 14.0 Å². The van der Waals surface area contributed by atoms with Gasteiger partial charge in [-0.2, -0.15) is 0 Å². The maximum absolute atomic E-state index is 12.7. The van der Waals surface area contributed by atoms with Crippen molar-refractivity contribution in [1.29, 1.82) is 0 Å². The van der Waals surface area contributed by atoms with E-state index >= 15 is 0 Å².